The summed E-state index contributed by atoms with van der Waals surface area (Å²) in [6, 6.07) is 18.4. The number of para-hydroxylation sites is 1. The summed E-state index contributed by atoms with van der Waals surface area (Å²) in [5, 5.41) is 1.68. The average Bonchev–Trinajstić information content (AvgIpc) is 3.20. The summed E-state index contributed by atoms with van der Waals surface area (Å²) in [6.07, 6.45) is 1.27. The second-order valence-electron chi connectivity index (χ2n) is 5.78. The number of carbonyl (C=O) groups is 1. The molecule has 122 valence electrons. The first-order chi connectivity index (χ1) is 11.8. The molecule has 0 spiro atoms. The Morgan fingerprint density at radius 3 is 2.38 bits per heavy atom. The van der Waals surface area contributed by atoms with Crippen molar-refractivity contribution in [3.8, 4) is 0 Å². The predicted molar refractivity (Wildman–Crippen MR) is 95.2 cm³/mol. The molecule has 4 nitrogen and oxygen atoms in total. The fourth-order valence-electron chi connectivity index (χ4n) is 3.14. The Kier molecular flexibility index (Phi) is 4.04. The first-order valence-electron chi connectivity index (χ1n) is 7.86. The highest BCUT2D eigenvalue weighted by atomic mass is 32.1. The minimum atomic E-state index is -0.534. The minimum Gasteiger partial charge on any atom is -0.488 e. The molecular formula is C19H17NO3S. The molecule has 4 rings (SSSR count). The second kappa shape index (κ2) is 6.34. The Morgan fingerprint density at radius 2 is 1.71 bits per heavy atom. The lowest BCUT2D eigenvalue weighted by Crippen LogP contribution is -2.43. The molecule has 0 saturated carbocycles. The van der Waals surface area contributed by atoms with Crippen LogP contribution >= 0.6 is 12.6 Å². The molecule has 0 aromatic heterocycles. The van der Waals surface area contributed by atoms with Crippen LogP contribution in [0.4, 0.5) is 5.69 Å². The van der Waals surface area contributed by atoms with Gasteiger partial charge in [0.15, 0.2) is 17.9 Å². The number of ketones is 1. The fraction of sp³-hybridized carbons (Fsp3) is 0.211. The Labute approximate surface area is 146 Å². The van der Waals surface area contributed by atoms with Gasteiger partial charge in [-0.3, -0.25) is 9.63 Å². The zero-order valence-corrected chi connectivity index (χ0v) is 13.8. The fourth-order valence-corrected chi connectivity index (χ4v) is 3.32. The standard InChI is InChI=1S/C19H17NO3S/c21-18(13-7-3-1-4-8-13)17-19-16(11-15(12-24)22-19)23-20(17)14-9-5-2-6-10-14/h1-11,16-17,19,24H,12H2. The van der Waals surface area contributed by atoms with Gasteiger partial charge in [0.25, 0.3) is 0 Å². The smallest absolute Gasteiger partial charge is 0.191 e. The normalized spacial score (nSPS) is 25.1. The van der Waals surface area contributed by atoms with Gasteiger partial charge in [-0.1, -0.05) is 48.5 Å². The lowest BCUT2D eigenvalue weighted by atomic mass is 9.97. The molecule has 0 radical (unpaired) electrons. The van der Waals surface area contributed by atoms with Crippen molar-refractivity contribution in [2.24, 2.45) is 0 Å². The molecule has 0 aliphatic carbocycles. The van der Waals surface area contributed by atoms with Crippen LogP contribution in [0.15, 0.2) is 72.5 Å². The average molecular weight is 339 g/mol. The summed E-state index contributed by atoms with van der Waals surface area (Å²) < 4.78 is 5.94. The van der Waals surface area contributed by atoms with Crippen molar-refractivity contribution in [2.75, 3.05) is 10.8 Å². The van der Waals surface area contributed by atoms with E-state index < -0.39 is 6.04 Å². The van der Waals surface area contributed by atoms with E-state index in [4.69, 9.17) is 9.57 Å². The monoisotopic (exact) mass is 339 g/mol. The number of rotatable bonds is 4. The van der Waals surface area contributed by atoms with Gasteiger partial charge in [0.05, 0.1) is 5.69 Å². The van der Waals surface area contributed by atoms with E-state index >= 15 is 0 Å². The van der Waals surface area contributed by atoms with Gasteiger partial charge in [-0.05, 0) is 18.2 Å². The third-order valence-electron chi connectivity index (χ3n) is 4.25. The number of hydrogen-bond acceptors (Lipinski definition) is 5. The molecule has 5 heteroatoms. The van der Waals surface area contributed by atoms with Gasteiger partial charge in [0.2, 0.25) is 0 Å². The van der Waals surface area contributed by atoms with Crippen molar-refractivity contribution in [3.63, 3.8) is 0 Å². The van der Waals surface area contributed by atoms with Crippen molar-refractivity contribution in [3.05, 3.63) is 78.1 Å². The summed E-state index contributed by atoms with van der Waals surface area (Å²) in [5.41, 5.74) is 1.49. The number of carbonyl (C=O) groups excluding carboxylic acids is 1. The maximum absolute atomic E-state index is 13.1. The van der Waals surface area contributed by atoms with E-state index in [1.165, 1.54) is 0 Å². The van der Waals surface area contributed by atoms with E-state index in [0.29, 0.717) is 11.3 Å². The van der Waals surface area contributed by atoms with Crippen LogP contribution in [0.25, 0.3) is 0 Å². The van der Waals surface area contributed by atoms with Crippen molar-refractivity contribution < 1.29 is 14.4 Å². The molecule has 2 heterocycles. The zero-order chi connectivity index (χ0) is 16.5. The second-order valence-corrected chi connectivity index (χ2v) is 6.10. The van der Waals surface area contributed by atoms with Gasteiger partial charge in [0, 0.05) is 11.3 Å². The molecule has 3 atom stereocenters. The van der Waals surface area contributed by atoms with E-state index in [0.717, 1.165) is 11.4 Å². The van der Waals surface area contributed by atoms with Crippen molar-refractivity contribution in [2.45, 2.75) is 18.2 Å². The summed E-state index contributed by atoms with van der Waals surface area (Å²) in [5.74, 6) is 1.24. The van der Waals surface area contributed by atoms with Crippen molar-refractivity contribution >= 4 is 24.1 Å². The zero-order valence-electron chi connectivity index (χ0n) is 12.9. The summed E-state index contributed by atoms with van der Waals surface area (Å²) in [7, 11) is 0. The molecular weight excluding hydrogens is 322 g/mol. The molecule has 1 saturated heterocycles. The van der Waals surface area contributed by atoms with Crippen LogP contribution in [-0.4, -0.2) is 29.8 Å². The molecule has 24 heavy (non-hydrogen) atoms. The summed E-state index contributed by atoms with van der Waals surface area (Å²) in [6.45, 7) is 0. The highest BCUT2D eigenvalue weighted by molar-refractivity contribution is 7.80. The Balaban J connectivity index is 1.71. The molecule has 0 amide bonds. The lowest BCUT2D eigenvalue weighted by molar-refractivity contribution is 0.0703. The number of ether oxygens (including phenoxy) is 1. The van der Waals surface area contributed by atoms with Gasteiger partial charge in [0.1, 0.15) is 11.9 Å². The third-order valence-corrected chi connectivity index (χ3v) is 4.57. The van der Waals surface area contributed by atoms with Crippen LogP contribution in [0.3, 0.4) is 0 Å². The quantitative estimate of drug-likeness (QED) is 0.685. The van der Waals surface area contributed by atoms with E-state index in [1.807, 2.05) is 66.7 Å². The Bertz CT molecular complexity index is 763. The van der Waals surface area contributed by atoms with Crippen LogP contribution in [0.2, 0.25) is 0 Å². The molecule has 2 aromatic carbocycles. The maximum Gasteiger partial charge on any atom is 0.191 e. The molecule has 2 aliphatic rings. The molecule has 0 bridgehead atoms. The van der Waals surface area contributed by atoms with Crippen molar-refractivity contribution in [1.82, 2.24) is 0 Å². The van der Waals surface area contributed by atoms with Crippen LogP contribution in [-0.2, 0) is 9.57 Å². The first-order valence-corrected chi connectivity index (χ1v) is 8.49. The number of anilines is 1. The van der Waals surface area contributed by atoms with Crippen molar-refractivity contribution in [1.29, 1.82) is 0 Å². The van der Waals surface area contributed by atoms with E-state index in [-0.39, 0.29) is 18.0 Å². The van der Waals surface area contributed by atoms with Crippen LogP contribution in [0.5, 0.6) is 0 Å². The van der Waals surface area contributed by atoms with E-state index in [2.05, 4.69) is 12.6 Å². The number of fused-ring (bicyclic) bond motifs is 1. The number of thiol groups is 1. The molecule has 2 aromatic rings. The molecule has 0 N–H and O–H groups in total. The van der Waals surface area contributed by atoms with Crippen LogP contribution in [0.1, 0.15) is 10.4 Å². The van der Waals surface area contributed by atoms with Gasteiger partial charge in [-0.2, -0.15) is 12.6 Å². The summed E-state index contributed by atoms with van der Waals surface area (Å²) in [4.78, 5) is 19.2. The number of Topliss-reactive ketones (excluding diaryl/α,β-unsaturated/α-hetero) is 1. The third kappa shape index (κ3) is 2.60. The number of hydrogen-bond donors (Lipinski definition) is 1. The number of benzene rings is 2. The maximum atomic E-state index is 13.1. The van der Waals surface area contributed by atoms with E-state index in [1.54, 1.807) is 5.06 Å². The molecule has 3 unspecified atom stereocenters. The highest BCUT2D eigenvalue weighted by Gasteiger charge is 2.51. The number of hydroxylamine groups is 1. The van der Waals surface area contributed by atoms with Gasteiger partial charge in [-0.15, -0.1) is 0 Å². The summed E-state index contributed by atoms with van der Waals surface area (Å²) >= 11 is 4.26. The van der Waals surface area contributed by atoms with Gasteiger partial charge < -0.3 is 4.74 Å². The Hall–Kier alpha value is -2.24. The van der Waals surface area contributed by atoms with Crippen LogP contribution < -0.4 is 5.06 Å². The topological polar surface area (TPSA) is 38.8 Å². The predicted octanol–water partition coefficient (Wildman–Crippen LogP) is 3.27. The van der Waals surface area contributed by atoms with Crippen LogP contribution in [0, 0.1) is 0 Å². The van der Waals surface area contributed by atoms with Gasteiger partial charge >= 0.3 is 0 Å². The lowest BCUT2D eigenvalue weighted by Gasteiger charge is -2.26. The largest absolute Gasteiger partial charge is 0.488 e. The van der Waals surface area contributed by atoms with E-state index in [9.17, 15) is 4.79 Å². The Morgan fingerprint density at radius 1 is 1.04 bits per heavy atom. The molecule has 2 aliphatic heterocycles. The number of nitrogens with zero attached hydrogens (tertiary/aromatic N) is 1. The highest BCUT2D eigenvalue weighted by Crippen LogP contribution is 2.37. The van der Waals surface area contributed by atoms with Gasteiger partial charge in [-0.25, -0.2) is 5.06 Å². The first kappa shape index (κ1) is 15.3. The SMILES string of the molecule is O=C(c1ccccc1)C1C2OC(CS)=CC2ON1c1ccccc1. The molecule has 1 fully saturated rings. The minimum absolute atomic E-state index is 0.0132.